The molecule has 1 atom stereocenters. The quantitative estimate of drug-likeness (QED) is 0.666. The van der Waals surface area contributed by atoms with Gasteiger partial charge in [-0.3, -0.25) is 9.29 Å². The fourth-order valence-corrected chi connectivity index (χ4v) is 4.08. The fraction of sp³-hybridized carbons (Fsp3) is 0.360. The number of alkyl halides is 1. The number of aliphatic hydroxyl groups is 1. The van der Waals surface area contributed by atoms with Gasteiger partial charge in [0.25, 0.3) is 0 Å². The lowest BCUT2D eigenvalue weighted by Crippen LogP contribution is -2.49. The maximum Gasteiger partial charge on any atom is 0.149 e. The number of phenols is 1. The normalized spacial score (nSPS) is 19.3. The van der Waals surface area contributed by atoms with Gasteiger partial charge in [0.15, 0.2) is 0 Å². The summed E-state index contributed by atoms with van der Waals surface area (Å²) in [7, 11) is 0. The van der Waals surface area contributed by atoms with Gasteiger partial charge in [-0.15, -0.1) is 0 Å². The van der Waals surface area contributed by atoms with Crippen molar-refractivity contribution < 1.29 is 24.1 Å². The molecule has 2 aliphatic rings. The van der Waals surface area contributed by atoms with Crippen molar-refractivity contribution in [2.45, 2.75) is 13.0 Å². The van der Waals surface area contributed by atoms with Crippen LogP contribution in [0.3, 0.4) is 0 Å². The summed E-state index contributed by atoms with van der Waals surface area (Å²) in [5, 5.41) is 19.1. The van der Waals surface area contributed by atoms with Gasteiger partial charge < -0.3 is 19.7 Å². The minimum atomic E-state index is -0.326. The smallest absolute Gasteiger partial charge is 0.149 e. The lowest BCUT2D eigenvalue weighted by molar-refractivity contribution is 0.0668. The number of hydrogen-bond donors (Lipinski definition) is 2. The van der Waals surface area contributed by atoms with Crippen LogP contribution in [-0.4, -0.2) is 54.6 Å². The summed E-state index contributed by atoms with van der Waals surface area (Å²) in [6.07, 6.45) is 3.23. The Hall–Kier alpha value is -2.83. The van der Waals surface area contributed by atoms with Gasteiger partial charge in [0.1, 0.15) is 30.0 Å². The number of likely N-dealkylation sites (tertiary alicyclic amines) is 1. The molecule has 0 spiro atoms. The monoisotopic (exact) mass is 425 g/mol. The van der Waals surface area contributed by atoms with E-state index in [-0.39, 0.29) is 31.1 Å². The lowest BCUT2D eigenvalue weighted by Gasteiger charge is -2.37. The number of aromatic hydroxyl groups is 1. The van der Waals surface area contributed by atoms with Gasteiger partial charge >= 0.3 is 0 Å². The van der Waals surface area contributed by atoms with Gasteiger partial charge in [0, 0.05) is 36.7 Å². The molecule has 1 fully saturated rings. The predicted molar refractivity (Wildman–Crippen MR) is 118 cm³/mol. The summed E-state index contributed by atoms with van der Waals surface area (Å²) in [5.41, 5.74) is 3.74. The van der Waals surface area contributed by atoms with Gasteiger partial charge in [0.2, 0.25) is 0 Å². The van der Waals surface area contributed by atoms with Gasteiger partial charge in [-0.05, 0) is 48.4 Å². The second-order valence-corrected chi connectivity index (χ2v) is 8.04. The number of allylic oxidation sites excluding steroid dienone is 1. The second kappa shape index (κ2) is 9.54. The third kappa shape index (κ3) is 4.75. The van der Waals surface area contributed by atoms with Crippen LogP contribution in [0.4, 0.5) is 4.39 Å². The van der Waals surface area contributed by atoms with E-state index < -0.39 is 0 Å². The van der Waals surface area contributed by atoms with Crippen LogP contribution in [0.1, 0.15) is 24.2 Å². The molecule has 0 saturated carbocycles. The highest BCUT2D eigenvalue weighted by Crippen LogP contribution is 2.43. The van der Waals surface area contributed by atoms with Gasteiger partial charge in [-0.1, -0.05) is 24.3 Å². The molecule has 4 rings (SSSR count). The highest BCUT2D eigenvalue weighted by molar-refractivity contribution is 5.77. The van der Waals surface area contributed by atoms with Crippen LogP contribution in [0.5, 0.6) is 17.2 Å². The Labute approximate surface area is 182 Å². The minimum absolute atomic E-state index is 0.0632. The largest absolute Gasteiger partial charge is 0.508 e. The number of nitrogens with zero attached hydrogens (tertiary/aromatic N) is 1. The van der Waals surface area contributed by atoms with E-state index in [4.69, 9.17) is 9.47 Å². The van der Waals surface area contributed by atoms with E-state index in [1.54, 1.807) is 24.3 Å². The molecule has 1 saturated heterocycles. The van der Waals surface area contributed by atoms with Crippen LogP contribution in [0.2, 0.25) is 0 Å². The molecule has 2 heterocycles. The van der Waals surface area contributed by atoms with E-state index in [9.17, 15) is 14.6 Å². The number of aliphatic hydroxyl groups excluding tert-OH is 1. The maximum atomic E-state index is 12.5. The first-order valence-corrected chi connectivity index (χ1v) is 10.6. The first-order valence-electron chi connectivity index (χ1n) is 10.6. The van der Waals surface area contributed by atoms with Crippen molar-refractivity contribution in [2.24, 2.45) is 5.92 Å². The molecule has 0 bridgehead atoms. The SMILES string of the molecule is CC1=C(/C=C/CO)C(c2ccc(OCCN3CC(CF)C3)cc2)Oc2ccc(O)cc21. The zero-order chi connectivity index (χ0) is 21.8. The van der Waals surface area contributed by atoms with Crippen molar-refractivity contribution in [2.75, 3.05) is 39.5 Å². The summed E-state index contributed by atoms with van der Waals surface area (Å²) in [4.78, 5) is 2.19. The van der Waals surface area contributed by atoms with Crippen molar-refractivity contribution >= 4 is 5.57 Å². The topological polar surface area (TPSA) is 62.2 Å². The molecule has 5 nitrogen and oxygen atoms in total. The molecule has 1 unspecified atom stereocenters. The first-order chi connectivity index (χ1) is 15.1. The number of hydrogen-bond acceptors (Lipinski definition) is 5. The van der Waals surface area contributed by atoms with Crippen molar-refractivity contribution in [1.82, 2.24) is 4.90 Å². The number of halogens is 1. The number of phenolic OH excluding ortho intramolecular Hbond substituents is 1. The van der Waals surface area contributed by atoms with Crippen LogP contribution >= 0.6 is 0 Å². The first kappa shape index (κ1) is 21.4. The summed E-state index contributed by atoms with van der Waals surface area (Å²) in [5.74, 6) is 1.86. The minimum Gasteiger partial charge on any atom is -0.508 e. The van der Waals surface area contributed by atoms with Gasteiger partial charge in [0.05, 0.1) is 13.3 Å². The van der Waals surface area contributed by atoms with Crippen molar-refractivity contribution in [3.8, 4) is 17.2 Å². The average Bonchev–Trinajstić information content (AvgIpc) is 2.75. The Morgan fingerprint density at radius 2 is 1.97 bits per heavy atom. The predicted octanol–water partition coefficient (Wildman–Crippen LogP) is 4.13. The number of rotatable bonds is 8. The van der Waals surface area contributed by atoms with E-state index in [0.29, 0.717) is 12.4 Å². The third-order valence-electron chi connectivity index (χ3n) is 5.84. The fourth-order valence-electron chi connectivity index (χ4n) is 4.08. The molecule has 0 amide bonds. The molecule has 31 heavy (non-hydrogen) atoms. The Morgan fingerprint density at radius 3 is 2.68 bits per heavy atom. The molecule has 0 aliphatic carbocycles. The molecular weight excluding hydrogens is 397 g/mol. The van der Waals surface area contributed by atoms with E-state index in [1.165, 1.54) is 0 Å². The second-order valence-electron chi connectivity index (χ2n) is 8.04. The molecule has 2 aromatic rings. The highest BCUT2D eigenvalue weighted by atomic mass is 19.1. The van der Waals surface area contributed by atoms with E-state index in [1.807, 2.05) is 37.3 Å². The van der Waals surface area contributed by atoms with E-state index in [2.05, 4.69) is 4.90 Å². The summed E-state index contributed by atoms with van der Waals surface area (Å²) < 4.78 is 24.6. The molecule has 2 N–H and O–H groups in total. The molecule has 164 valence electrons. The number of benzene rings is 2. The molecule has 2 aliphatic heterocycles. The third-order valence-corrected chi connectivity index (χ3v) is 5.84. The Balaban J connectivity index is 1.47. The molecule has 0 radical (unpaired) electrons. The lowest BCUT2D eigenvalue weighted by atomic mass is 9.90. The Kier molecular flexibility index (Phi) is 6.59. The van der Waals surface area contributed by atoms with Crippen LogP contribution < -0.4 is 9.47 Å². The van der Waals surface area contributed by atoms with Gasteiger partial charge in [-0.2, -0.15) is 0 Å². The van der Waals surface area contributed by atoms with Crippen LogP contribution in [-0.2, 0) is 0 Å². The Bertz CT molecular complexity index is 964. The maximum absolute atomic E-state index is 12.5. The average molecular weight is 426 g/mol. The zero-order valence-electron chi connectivity index (χ0n) is 17.6. The van der Waals surface area contributed by atoms with Gasteiger partial charge in [-0.25, -0.2) is 0 Å². The summed E-state index contributed by atoms with van der Waals surface area (Å²) in [6.45, 7) is 4.68. The van der Waals surface area contributed by atoms with E-state index in [0.717, 1.165) is 47.7 Å². The van der Waals surface area contributed by atoms with Crippen LogP contribution in [0, 0.1) is 5.92 Å². The molecule has 2 aromatic carbocycles. The van der Waals surface area contributed by atoms with Crippen molar-refractivity contribution in [1.29, 1.82) is 0 Å². The number of fused-ring (bicyclic) bond motifs is 1. The highest BCUT2D eigenvalue weighted by Gasteiger charge is 2.27. The van der Waals surface area contributed by atoms with Crippen LogP contribution in [0.15, 0.2) is 60.2 Å². The summed E-state index contributed by atoms with van der Waals surface area (Å²) >= 11 is 0. The Morgan fingerprint density at radius 1 is 1.19 bits per heavy atom. The van der Waals surface area contributed by atoms with Crippen molar-refractivity contribution in [3.05, 3.63) is 71.3 Å². The van der Waals surface area contributed by atoms with Crippen molar-refractivity contribution in [3.63, 3.8) is 0 Å². The number of ether oxygens (including phenoxy) is 2. The molecular formula is C25H28FNO4. The van der Waals surface area contributed by atoms with E-state index >= 15 is 0 Å². The standard InChI is InChI=1S/C25H28FNO4/c1-17-22(3-2-11-28)25(31-24-9-6-20(29)13-23(17)24)19-4-7-21(8-5-19)30-12-10-27-15-18(14-26)16-27/h2-9,13,18,25,28-29H,10-12,14-16H2,1H3/b3-2+. The summed E-state index contributed by atoms with van der Waals surface area (Å²) in [6, 6.07) is 12.9. The zero-order valence-corrected chi connectivity index (χ0v) is 17.6. The molecule has 6 heteroatoms. The van der Waals surface area contributed by atoms with Crippen LogP contribution in [0.25, 0.3) is 5.57 Å². The molecule has 0 aromatic heterocycles.